The summed E-state index contributed by atoms with van der Waals surface area (Å²) >= 11 is 11.6. The fraction of sp³-hybridized carbons (Fsp3) is 0.111. The molecular formula is C9H6Cl2N5O2-. The number of H-pyrrole nitrogens is 1. The Kier molecular flexibility index (Phi) is 3.96. The molecule has 0 aliphatic heterocycles. The van der Waals surface area contributed by atoms with Gasteiger partial charge in [-0.15, -0.1) is 5.10 Å². The van der Waals surface area contributed by atoms with Crippen LogP contribution in [0.1, 0.15) is 0 Å². The third-order valence-corrected chi connectivity index (χ3v) is 2.33. The van der Waals surface area contributed by atoms with Crippen LogP contribution in [-0.2, 0) is 0 Å². The Morgan fingerprint density at radius 3 is 2.94 bits per heavy atom. The fourth-order valence-electron chi connectivity index (χ4n) is 1.08. The molecule has 7 nitrogen and oxygen atoms in total. The monoisotopic (exact) mass is 286 g/mol. The molecule has 0 spiro atoms. The van der Waals surface area contributed by atoms with Crippen LogP contribution in [0.3, 0.4) is 0 Å². The van der Waals surface area contributed by atoms with E-state index in [4.69, 9.17) is 27.9 Å². The van der Waals surface area contributed by atoms with Crippen LogP contribution in [0.2, 0.25) is 10.0 Å². The van der Waals surface area contributed by atoms with Crippen molar-refractivity contribution in [3.8, 4) is 5.75 Å². The van der Waals surface area contributed by atoms with Gasteiger partial charge in [-0.2, -0.15) is 5.21 Å². The summed E-state index contributed by atoms with van der Waals surface area (Å²) in [5.74, 6) is -0.258. The molecule has 2 aromatic rings. The summed E-state index contributed by atoms with van der Waals surface area (Å²) in [6.45, 7) is -0.282. The van der Waals surface area contributed by atoms with Gasteiger partial charge in [0, 0.05) is 10.9 Å². The molecule has 0 saturated heterocycles. The van der Waals surface area contributed by atoms with E-state index in [-0.39, 0.29) is 12.6 Å². The molecule has 1 N–H and O–H groups in total. The van der Waals surface area contributed by atoms with Gasteiger partial charge in [0.1, 0.15) is 12.4 Å². The van der Waals surface area contributed by atoms with Gasteiger partial charge in [0.25, 0.3) is 5.95 Å². The van der Waals surface area contributed by atoms with Gasteiger partial charge < -0.3 is 9.84 Å². The Balaban J connectivity index is 1.99. The summed E-state index contributed by atoms with van der Waals surface area (Å²) in [6, 6.07) is 4.68. The lowest BCUT2D eigenvalue weighted by Gasteiger charge is -2.12. The molecule has 1 aromatic heterocycles. The van der Waals surface area contributed by atoms with Crippen molar-refractivity contribution < 1.29 is 9.84 Å². The van der Waals surface area contributed by atoms with Crippen molar-refractivity contribution in [2.45, 2.75) is 0 Å². The Morgan fingerprint density at radius 1 is 1.44 bits per heavy atom. The van der Waals surface area contributed by atoms with Crippen molar-refractivity contribution >= 4 is 35.0 Å². The quantitative estimate of drug-likeness (QED) is 0.667. The minimum absolute atomic E-state index is 0.0502. The van der Waals surface area contributed by atoms with Gasteiger partial charge in [0.15, 0.2) is 0 Å². The van der Waals surface area contributed by atoms with Crippen LogP contribution < -0.4 is 9.84 Å². The molecule has 94 valence electrons. The second-order valence-electron chi connectivity index (χ2n) is 3.08. The lowest BCUT2D eigenvalue weighted by Crippen LogP contribution is -2.25. The van der Waals surface area contributed by atoms with E-state index in [0.29, 0.717) is 15.8 Å². The largest absolute Gasteiger partial charge is 0.859 e. The molecule has 0 amide bonds. The first-order valence-electron chi connectivity index (χ1n) is 4.71. The zero-order chi connectivity index (χ0) is 13.0. The number of aliphatic imine (C=N–C) groups is 1. The molecule has 0 radical (unpaired) electrons. The van der Waals surface area contributed by atoms with E-state index in [2.05, 4.69) is 25.6 Å². The van der Waals surface area contributed by atoms with Gasteiger partial charge in [0.2, 0.25) is 0 Å². The third kappa shape index (κ3) is 3.31. The minimum atomic E-state index is -0.553. The number of rotatable bonds is 4. The van der Waals surface area contributed by atoms with Crippen molar-refractivity contribution in [1.82, 2.24) is 20.6 Å². The average molecular weight is 287 g/mol. The summed E-state index contributed by atoms with van der Waals surface area (Å²) in [5, 5.41) is 24.6. The number of tetrazole rings is 1. The van der Waals surface area contributed by atoms with Gasteiger partial charge in [-0.05, 0) is 23.4 Å². The molecule has 0 unspecified atom stereocenters. The number of nitrogens with zero attached hydrogens (tertiary/aromatic N) is 4. The van der Waals surface area contributed by atoms with Gasteiger partial charge >= 0.3 is 0 Å². The number of halogens is 2. The molecule has 1 aromatic carbocycles. The molecule has 0 aliphatic carbocycles. The van der Waals surface area contributed by atoms with Gasteiger partial charge in [-0.25, -0.2) is 4.99 Å². The zero-order valence-corrected chi connectivity index (χ0v) is 10.3. The maximum atomic E-state index is 11.4. The van der Waals surface area contributed by atoms with E-state index >= 15 is 0 Å². The van der Waals surface area contributed by atoms with Crippen LogP contribution in [0, 0.1) is 0 Å². The summed E-state index contributed by atoms with van der Waals surface area (Å²) in [4.78, 5) is 3.53. The lowest BCUT2D eigenvalue weighted by molar-refractivity contribution is -0.220. The number of benzene rings is 1. The molecule has 0 atom stereocenters. The average Bonchev–Trinajstić information content (AvgIpc) is 2.80. The molecule has 0 bridgehead atoms. The van der Waals surface area contributed by atoms with Crippen LogP contribution in [0.5, 0.6) is 5.75 Å². The SMILES string of the molecule is [O-]C(COc1ccc(Cl)cc1Cl)=Nc1nn[nH]n1. The van der Waals surface area contributed by atoms with Gasteiger partial charge in [0.05, 0.1) is 5.02 Å². The second-order valence-corrected chi connectivity index (χ2v) is 3.92. The Labute approximate surface area is 111 Å². The molecule has 0 fully saturated rings. The standard InChI is InChI=1S/C9H7Cl2N5O2/c10-5-1-2-7(6(11)3-5)18-4-8(17)12-9-13-15-16-14-9/h1-3H,4H2,(H2,12,13,14,15,16,17)/p-1. The normalized spacial score (nSPS) is 11.6. The predicted octanol–water partition coefficient (Wildman–Crippen LogP) is 0.976. The van der Waals surface area contributed by atoms with Crippen LogP contribution in [-0.4, -0.2) is 33.1 Å². The molecule has 9 heteroatoms. The lowest BCUT2D eigenvalue weighted by atomic mass is 10.3. The van der Waals surface area contributed by atoms with E-state index in [1.165, 1.54) is 6.07 Å². The fourth-order valence-corrected chi connectivity index (χ4v) is 1.54. The van der Waals surface area contributed by atoms with E-state index in [9.17, 15) is 5.11 Å². The van der Waals surface area contributed by atoms with Crippen LogP contribution in [0.4, 0.5) is 5.95 Å². The van der Waals surface area contributed by atoms with Crippen LogP contribution >= 0.6 is 23.2 Å². The highest BCUT2D eigenvalue weighted by Crippen LogP contribution is 2.27. The summed E-state index contributed by atoms with van der Waals surface area (Å²) in [5.41, 5.74) is 0. The number of hydrogen-bond acceptors (Lipinski definition) is 6. The molecule has 0 saturated carbocycles. The van der Waals surface area contributed by atoms with E-state index < -0.39 is 5.90 Å². The highest BCUT2D eigenvalue weighted by atomic mass is 35.5. The molecular weight excluding hydrogens is 281 g/mol. The first-order chi connectivity index (χ1) is 8.65. The third-order valence-electron chi connectivity index (χ3n) is 1.80. The van der Waals surface area contributed by atoms with Gasteiger partial charge in [-0.3, -0.25) is 0 Å². The topological polar surface area (TPSA) is 99.1 Å². The van der Waals surface area contributed by atoms with Crippen LogP contribution in [0.15, 0.2) is 23.2 Å². The van der Waals surface area contributed by atoms with Crippen molar-refractivity contribution in [2.75, 3.05) is 6.61 Å². The Morgan fingerprint density at radius 2 is 2.28 bits per heavy atom. The van der Waals surface area contributed by atoms with Crippen molar-refractivity contribution in [2.24, 2.45) is 4.99 Å². The molecule has 18 heavy (non-hydrogen) atoms. The summed E-state index contributed by atoms with van der Waals surface area (Å²) in [7, 11) is 0. The molecule has 1 heterocycles. The second kappa shape index (κ2) is 5.65. The number of hydrogen-bond donors (Lipinski definition) is 1. The number of aromatic nitrogens is 4. The van der Waals surface area contributed by atoms with E-state index in [1.54, 1.807) is 12.1 Å². The maximum Gasteiger partial charge on any atom is 0.288 e. The Hall–Kier alpha value is -1.86. The van der Waals surface area contributed by atoms with E-state index in [0.717, 1.165) is 0 Å². The van der Waals surface area contributed by atoms with Crippen molar-refractivity contribution in [1.29, 1.82) is 0 Å². The minimum Gasteiger partial charge on any atom is -0.859 e. The molecule has 2 rings (SSSR count). The number of nitrogens with one attached hydrogen (secondary N) is 1. The van der Waals surface area contributed by atoms with E-state index in [1.807, 2.05) is 0 Å². The van der Waals surface area contributed by atoms with Gasteiger partial charge in [-0.1, -0.05) is 28.3 Å². The van der Waals surface area contributed by atoms with Crippen molar-refractivity contribution in [3.63, 3.8) is 0 Å². The number of ether oxygens (including phenoxy) is 1. The highest BCUT2D eigenvalue weighted by molar-refractivity contribution is 6.35. The molecule has 0 aliphatic rings. The highest BCUT2D eigenvalue weighted by Gasteiger charge is 2.02. The Bertz CT molecular complexity index is 558. The predicted molar refractivity (Wildman–Crippen MR) is 63.2 cm³/mol. The number of aromatic amines is 1. The summed E-state index contributed by atoms with van der Waals surface area (Å²) in [6.07, 6.45) is 0. The maximum absolute atomic E-state index is 11.4. The smallest absolute Gasteiger partial charge is 0.288 e. The zero-order valence-electron chi connectivity index (χ0n) is 8.80. The van der Waals surface area contributed by atoms with Crippen LogP contribution in [0.25, 0.3) is 0 Å². The first kappa shape index (κ1) is 12.6. The van der Waals surface area contributed by atoms with Crippen molar-refractivity contribution in [3.05, 3.63) is 28.2 Å². The summed E-state index contributed by atoms with van der Waals surface area (Å²) < 4.78 is 5.18. The first-order valence-corrected chi connectivity index (χ1v) is 5.46.